The van der Waals surface area contributed by atoms with Gasteiger partial charge in [-0.25, -0.2) is 15.0 Å². The number of hydrogen-bond acceptors (Lipinski definition) is 8. The molecule has 0 saturated heterocycles. The van der Waals surface area contributed by atoms with Crippen LogP contribution in [0.3, 0.4) is 0 Å². The predicted molar refractivity (Wildman–Crippen MR) is 160 cm³/mol. The topological polar surface area (TPSA) is 84.8 Å². The van der Waals surface area contributed by atoms with Crippen molar-refractivity contribution in [2.45, 2.75) is 45.4 Å². The number of aromatic nitrogens is 3. The first-order valence-corrected chi connectivity index (χ1v) is 14.4. The van der Waals surface area contributed by atoms with Gasteiger partial charge in [-0.3, -0.25) is 0 Å². The van der Waals surface area contributed by atoms with Crippen LogP contribution < -0.4 is 14.2 Å². The molecule has 0 aromatic carbocycles. The van der Waals surface area contributed by atoms with Gasteiger partial charge in [-0.2, -0.15) is 0 Å². The highest BCUT2D eigenvalue weighted by Crippen LogP contribution is 2.31. The summed E-state index contributed by atoms with van der Waals surface area (Å²) in [6.45, 7) is 3.16. The molecule has 8 nitrogen and oxygen atoms in total. The van der Waals surface area contributed by atoms with Crippen LogP contribution in [0.1, 0.15) is 45.4 Å². The summed E-state index contributed by atoms with van der Waals surface area (Å²) in [5.41, 5.74) is 2.67. The zero-order valence-electron chi connectivity index (χ0n) is 21.5. The summed E-state index contributed by atoms with van der Waals surface area (Å²) in [5.74, 6) is 2.02. The molecule has 0 aliphatic heterocycles. The lowest BCUT2D eigenvalue weighted by molar-refractivity contribution is 0.0509. The van der Waals surface area contributed by atoms with Gasteiger partial charge >= 0.3 is 0 Å². The molecule has 0 radical (unpaired) electrons. The van der Waals surface area contributed by atoms with Gasteiger partial charge in [-0.15, -0.1) is 0 Å². The Morgan fingerprint density at radius 3 is 1.49 bits per heavy atom. The predicted octanol–water partition coefficient (Wildman–Crippen LogP) is 7.12. The molecule has 200 valence electrons. The molecule has 0 fully saturated rings. The zero-order valence-corrected chi connectivity index (χ0v) is 25.8. The number of hydrogen-bond donors (Lipinski definition) is 0. The minimum absolute atomic E-state index is 0.149. The molecule has 3 aromatic heterocycles. The summed E-state index contributed by atoms with van der Waals surface area (Å²) in [6.07, 6.45) is 7.20. The molecule has 10 heteroatoms. The Labute approximate surface area is 246 Å². The largest absolute Gasteiger partial charge is 0.493 e. The van der Waals surface area contributed by atoms with E-state index in [2.05, 4.69) is 62.1 Å². The maximum absolute atomic E-state index is 6.19. The molecule has 0 amide bonds. The fraction of sp³-hybridized carbons (Fsp3) is 0.444. The van der Waals surface area contributed by atoms with Crippen LogP contribution in [-0.2, 0) is 9.47 Å². The van der Waals surface area contributed by atoms with Crippen molar-refractivity contribution < 1.29 is 23.7 Å². The standard InChI is InChI=1S/C27H33I2N3O5/c1-4-5-6-7-8-9-10-35-19-11-22(24-13-20(36-17-33-2)15-26(28)31-24)30-23(12-19)25-14-21(37-18-34-3)16-27(29)32-25/h11-16H,4-10,17-18H2,1-3H3. The Morgan fingerprint density at radius 2 is 1.00 bits per heavy atom. The Kier molecular flexibility index (Phi) is 13.1. The molecular formula is C27H33I2N3O5. The van der Waals surface area contributed by atoms with Gasteiger partial charge in [0, 0.05) is 50.6 Å². The third kappa shape index (κ3) is 10.1. The number of rotatable bonds is 16. The van der Waals surface area contributed by atoms with E-state index >= 15 is 0 Å². The third-order valence-corrected chi connectivity index (χ3v) is 6.42. The molecule has 3 aromatic rings. The van der Waals surface area contributed by atoms with E-state index in [1.54, 1.807) is 14.2 Å². The molecule has 0 aliphatic carbocycles. The van der Waals surface area contributed by atoms with E-state index in [4.69, 9.17) is 28.7 Å². The summed E-state index contributed by atoms with van der Waals surface area (Å²) >= 11 is 4.34. The summed E-state index contributed by atoms with van der Waals surface area (Å²) in [6, 6.07) is 11.2. The lowest BCUT2D eigenvalue weighted by Gasteiger charge is -2.13. The Balaban J connectivity index is 1.92. The van der Waals surface area contributed by atoms with Crippen LogP contribution >= 0.6 is 45.2 Å². The molecule has 0 bridgehead atoms. The van der Waals surface area contributed by atoms with Crippen molar-refractivity contribution in [1.29, 1.82) is 0 Å². The highest BCUT2D eigenvalue weighted by molar-refractivity contribution is 14.1. The first-order chi connectivity index (χ1) is 18.0. The van der Waals surface area contributed by atoms with Crippen molar-refractivity contribution in [3.63, 3.8) is 0 Å². The van der Waals surface area contributed by atoms with E-state index in [1.807, 2.05) is 36.4 Å². The lowest BCUT2D eigenvalue weighted by atomic mass is 10.1. The van der Waals surface area contributed by atoms with Crippen LogP contribution in [0.15, 0.2) is 36.4 Å². The normalized spacial score (nSPS) is 10.9. The molecular weight excluding hydrogens is 700 g/mol. The van der Waals surface area contributed by atoms with Crippen LogP contribution in [0.25, 0.3) is 22.8 Å². The van der Waals surface area contributed by atoms with Crippen LogP contribution in [0, 0.1) is 7.40 Å². The maximum atomic E-state index is 6.19. The van der Waals surface area contributed by atoms with Crippen molar-refractivity contribution in [1.82, 2.24) is 15.0 Å². The summed E-state index contributed by atoms with van der Waals surface area (Å²) in [7, 11) is 3.18. The van der Waals surface area contributed by atoms with Gasteiger partial charge in [0.2, 0.25) is 0 Å². The van der Waals surface area contributed by atoms with E-state index < -0.39 is 0 Å². The fourth-order valence-electron chi connectivity index (χ4n) is 3.55. The summed E-state index contributed by atoms with van der Waals surface area (Å²) in [4.78, 5) is 14.3. The second-order valence-electron chi connectivity index (χ2n) is 8.31. The van der Waals surface area contributed by atoms with Crippen LogP contribution in [0.2, 0.25) is 0 Å². The second-order valence-corrected chi connectivity index (χ2v) is 10.5. The van der Waals surface area contributed by atoms with Crippen molar-refractivity contribution in [3.8, 4) is 40.0 Å². The Hall–Kier alpha value is -1.77. The zero-order chi connectivity index (χ0) is 26.5. The molecule has 3 rings (SSSR count). The number of unbranched alkanes of at least 4 members (excludes halogenated alkanes) is 5. The molecule has 0 N–H and O–H groups in total. The van der Waals surface area contributed by atoms with Gasteiger partial charge in [0.15, 0.2) is 13.6 Å². The van der Waals surface area contributed by atoms with E-state index in [0.29, 0.717) is 46.6 Å². The summed E-state index contributed by atoms with van der Waals surface area (Å²) in [5, 5.41) is 0. The number of ether oxygens (including phenoxy) is 5. The van der Waals surface area contributed by atoms with Crippen molar-refractivity contribution in [2.24, 2.45) is 0 Å². The molecule has 0 saturated carbocycles. The van der Waals surface area contributed by atoms with Gasteiger partial charge in [-0.1, -0.05) is 39.0 Å². The molecule has 0 aliphatic rings. The highest BCUT2D eigenvalue weighted by Gasteiger charge is 2.14. The second kappa shape index (κ2) is 16.2. The average molecular weight is 733 g/mol. The molecule has 0 spiro atoms. The monoisotopic (exact) mass is 733 g/mol. The van der Waals surface area contributed by atoms with Crippen LogP contribution in [-0.4, -0.2) is 49.4 Å². The fourth-order valence-corrected chi connectivity index (χ4v) is 4.69. The highest BCUT2D eigenvalue weighted by atomic mass is 127. The van der Waals surface area contributed by atoms with Crippen molar-refractivity contribution >= 4 is 45.2 Å². The van der Waals surface area contributed by atoms with Gasteiger partial charge in [0.25, 0.3) is 0 Å². The van der Waals surface area contributed by atoms with Gasteiger partial charge < -0.3 is 23.7 Å². The van der Waals surface area contributed by atoms with Gasteiger partial charge in [-0.05, 0) is 51.6 Å². The maximum Gasteiger partial charge on any atom is 0.188 e. The van der Waals surface area contributed by atoms with Crippen LogP contribution in [0.4, 0.5) is 0 Å². The first kappa shape index (κ1) is 29.8. The van der Waals surface area contributed by atoms with E-state index in [1.165, 1.54) is 25.7 Å². The molecule has 3 heterocycles. The number of halogens is 2. The smallest absolute Gasteiger partial charge is 0.188 e. The third-order valence-electron chi connectivity index (χ3n) is 5.31. The van der Waals surface area contributed by atoms with E-state index in [-0.39, 0.29) is 13.6 Å². The Morgan fingerprint density at radius 1 is 0.568 bits per heavy atom. The van der Waals surface area contributed by atoms with E-state index in [9.17, 15) is 0 Å². The number of nitrogens with zero attached hydrogens (tertiary/aromatic N) is 3. The SMILES string of the molecule is CCCCCCCCOc1cc(-c2cc(OCOC)cc(I)n2)nc(-c2cc(OCOC)cc(I)n2)c1. The number of methoxy groups -OCH3 is 2. The minimum Gasteiger partial charge on any atom is -0.493 e. The summed E-state index contributed by atoms with van der Waals surface area (Å²) < 4.78 is 29.2. The minimum atomic E-state index is 0.149. The molecule has 0 unspecified atom stereocenters. The molecule has 37 heavy (non-hydrogen) atoms. The number of pyridine rings is 3. The van der Waals surface area contributed by atoms with Crippen molar-refractivity contribution in [2.75, 3.05) is 34.4 Å². The quantitative estimate of drug-likeness (QED) is 0.0667. The Bertz CT molecular complexity index is 1060. The van der Waals surface area contributed by atoms with Crippen molar-refractivity contribution in [3.05, 3.63) is 43.8 Å². The average Bonchev–Trinajstić information content (AvgIpc) is 2.89. The lowest BCUT2D eigenvalue weighted by Crippen LogP contribution is -2.03. The molecule has 0 atom stereocenters. The van der Waals surface area contributed by atoms with Crippen LogP contribution in [0.5, 0.6) is 17.2 Å². The van der Waals surface area contributed by atoms with Gasteiger partial charge in [0.1, 0.15) is 24.6 Å². The van der Waals surface area contributed by atoms with E-state index in [0.717, 1.165) is 20.2 Å². The first-order valence-electron chi connectivity index (χ1n) is 12.3. The van der Waals surface area contributed by atoms with Gasteiger partial charge in [0.05, 0.1) is 29.4 Å².